The fourth-order valence-corrected chi connectivity index (χ4v) is 2.91. The first-order valence-corrected chi connectivity index (χ1v) is 8.69. The van der Waals surface area contributed by atoms with E-state index in [9.17, 15) is 4.79 Å². The number of hydrogen-bond donors (Lipinski definition) is 1. The monoisotopic (exact) mass is 368 g/mol. The summed E-state index contributed by atoms with van der Waals surface area (Å²) in [6.45, 7) is 0.597. The van der Waals surface area contributed by atoms with Gasteiger partial charge in [0.05, 0.1) is 17.8 Å². The Morgan fingerprint density at radius 3 is 2.54 bits per heavy atom. The number of H-pyrrole nitrogens is 1. The highest BCUT2D eigenvalue weighted by atomic mass is 16.5. The number of nitriles is 1. The topological polar surface area (TPSA) is 83.7 Å². The van der Waals surface area contributed by atoms with E-state index in [1.54, 1.807) is 42.9 Å². The molecule has 2 aromatic carbocycles. The average molecular weight is 368 g/mol. The summed E-state index contributed by atoms with van der Waals surface area (Å²) in [6.07, 6.45) is 5.22. The normalized spacial score (nSPS) is 10.4. The summed E-state index contributed by atoms with van der Waals surface area (Å²) in [7, 11) is 0. The summed E-state index contributed by atoms with van der Waals surface area (Å²) in [5, 5.41) is 16.2. The largest absolute Gasteiger partial charge is 0.453 e. The molecule has 0 spiro atoms. The molecule has 4 aromatic rings. The van der Waals surface area contributed by atoms with Gasteiger partial charge in [-0.2, -0.15) is 10.4 Å². The molecule has 0 amide bonds. The predicted molar refractivity (Wildman–Crippen MR) is 105 cm³/mol. The van der Waals surface area contributed by atoms with Gasteiger partial charge in [0.25, 0.3) is 0 Å². The molecule has 0 aliphatic carbocycles. The molecule has 0 radical (unpaired) electrons. The number of benzene rings is 2. The van der Waals surface area contributed by atoms with Crippen LogP contribution in [0.2, 0.25) is 0 Å². The van der Waals surface area contributed by atoms with Gasteiger partial charge in [-0.05, 0) is 29.8 Å². The Hall–Kier alpha value is -4.11. The molecule has 28 heavy (non-hydrogen) atoms. The standard InChI is InChI=1S/C22H16N4O2/c23-13-16-5-7-19(8-6-16)28-21-14-24-25-22(21)20-4-2-1-3-17(20)15-26-11-9-18(27)10-12-26/h1-12,14H,15H2,(H,24,25). The molecule has 2 heterocycles. The van der Waals surface area contributed by atoms with E-state index in [0.29, 0.717) is 29.3 Å². The zero-order valence-corrected chi connectivity index (χ0v) is 14.9. The lowest BCUT2D eigenvalue weighted by atomic mass is 10.0. The van der Waals surface area contributed by atoms with Gasteiger partial charge in [0.1, 0.15) is 11.4 Å². The maximum Gasteiger partial charge on any atom is 0.181 e. The molecule has 0 aliphatic rings. The lowest BCUT2D eigenvalue weighted by Crippen LogP contribution is -2.05. The number of hydrogen-bond acceptors (Lipinski definition) is 4. The van der Waals surface area contributed by atoms with Gasteiger partial charge in [0, 0.05) is 36.6 Å². The molecule has 0 atom stereocenters. The number of ether oxygens (including phenoxy) is 1. The van der Waals surface area contributed by atoms with Crippen LogP contribution < -0.4 is 10.2 Å². The Balaban J connectivity index is 1.65. The lowest BCUT2D eigenvalue weighted by molar-refractivity contribution is 0.484. The molecule has 6 heteroatoms. The van der Waals surface area contributed by atoms with E-state index in [0.717, 1.165) is 11.1 Å². The Kier molecular flexibility index (Phi) is 4.72. The fraction of sp³-hybridized carbons (Fsp3) is 0.0455. The van der Waals surface area contributed by atoms with Crippen LogP contribution in [-0.4, -0.2) is 14.8 Å². The van der Waals surface area contributed by atoms with E-state index < -0.39 is 0 Å². The maximum atomic E-state index is 11.3. The first-order valence-electron chi connectivity index (χ1n) is 8.69. The van der Waals surface area contributed by atoms with Crippen molar-refractivity contribution in [1.82, 2.24) is 14.8 Å². The minimum absolute atomic E-state index is 0.0186. The molecule has 4 rings (SSSR count). The van der Waals surface area contributed by atoms with Gasteiger partial charge in [-0.15, -0.1) is 0 Å². The molecule has 136 valence electrons. The first-order chi connectivity index (χ1) is 13.7. The van der Waals surface area contributed by atoms with E-state index in [2.05, 4.69) is 16.3 Å². The summed E-state index contributed by atoms with van der Waals surface area (Å²) < 4.78 is 7.91. The highest BCUT2D eigenvalue weighted by Crippen LogP contribution is 2.33. The summed E-state index contributed by atoms with van der Waals surface area (Å²) in [5.41, 5.74) is 3.23. The van der Waals surface area contributed by atoms with Crippen molar-refractivity contribution in [1.29, 1.82) is 5.26 Å². The van der Waals surface area contributed by atoms with Crippen LogP contribution >= 0.6 is 0 Å². The highest BCUT2D eigenvalue weighted by Gasteiger charge is 2.14. The molecule has 1 N–H and O–H groups in total. The third-order valence-corrected chi connectivity index (χ3v) is 4.30. The summed E-state index contributed by atoms with van der Waals surface area (Å²) in [6, 6.07) is 20.0. The van der Waals surface area contributed by atoms with Crippen molar-refractivity contribution in [2.24, 2.45) is 0 Å². The third kappa shape index (κ3) is 3.69. The van der Waals surface area contributed by atoms with E-state index in [1.165, 1.54) is 12.1 Å². The minimum Gasteiger partial charge on any atom is -0.453 e. The SMILES string of the molecule is N#Cc1ccc(Oc2c[nH]nc2-c2ccccc2Cn2ccc(=O)cc2)cc1. The van der Waals surface area contributed by atoms with Crippen molar-refractivity contribution >= 4 is 0 Å². The van der Waals surface area contributed by atoms with E-state index in [1.807, 2.05) is 28.8 Å². The van der Waals surface area contributed by atoms with Crippen LogP contribution in [0.1, 0.15) is 11.1 Å². The molecular weight excluding hydrogens is 352 g/mol. The Morgan fingerprint density at radius 1 is 1.04 bits per heavy atom. The third-order valence-electron chi connectivity index (χ3n) is 4.30. The van der Waals surface area contributed by atoms with Gasteiger partial charge in [-0.25, -0.2) is 0 Å². The van der Waals surface area contributed by atoms with Crippen molar-refractivity contribution < 1.29 is 4.74 Å². The van der Waals surface area contributed by atoms with Gasteiger partial charge >= 0.3 is 0 Å². The molecular formula is C22H16N4O2. The lowest BCUT2D eigenvalue weighted by Gasteiger charge is -2.12. The number of pyridine rings is 1. The van der Waals surface area contributed by atoms with Crippen molar-refractivity contribution in [3.05, 3.63) is 101 Å². The number of nitrogens with zero attached hydrogens (tertiary/aromatic N) is 3. The molecule has 0 saturated heterocycles. The van der Waals surface area contributed by atoms with E-state index in [-0.39, 0.29) is 5.43 Å². The number of aromatic amines is 1. The van der Waals surface area contributed by atoms with E-state index >= 15 is 0 Å². The molecule has 0 aliphatic heterocycles. The second kappa shape index (κ2) is 7.64. The van der Waals surface area contributed by atoms with Crippen molar-refractivity contribution in [3.8, 4) is 28.8 Å². The zero-order valence-electron chi connectivity index (χ0n) is 14.9. The van der Waals surface area contributed by atoms with Gasteiger partial charge in [-0.3, -0.25) is 9.89 Å². The molecule has 0 saturated carbocycles. The molecule has 0 bridgehead atoms. The van der Waals surface area contributed by atoms with Crippen LogP contribution in [-0.2, 0) is 6.54 Å². The van der Waals surface area contributed by atoms with Crippen molar-refractivity contribution in [2.75, 3.05) is 0 Å². The van der Waals surface area contributed by atoms with Crippen LogP contribution in [0.4, 0.5) is 0 Å². The zero-order chi connectivity index (χ0) is 19.3. The van der Waals surface area contributed by atoms with E-state index in [4.69, 9.17) is 10.00 Å². The van der Waals surface area contributed by atoms with Crippen molar-refractivity contribution in [2.45, 2.75) is 6.54 Å². The number of aromatic nitrogens is 3. The summed E-state index contributed by atoms with van der Waals surface area (Å²) >= 11 is 0. The predicted octanol–water partition coefficient (Wildman–Crippen LogP) is 3.95. The molecule has 0 unspecified atom stereocenters. The summed E-state index contributed by atoms with van der Waals surface area (Å²) in [4.78, 5) is 11.3. The van der Waals surface area contributed by atoms with Crippen LogP contribution in [0, 0.1) is 11.3 Å². The first kappa shape index (κ1) is 17.3. The Bertz CT molecular complexity index is 1180. The second-order valence-electron chi connectivity index (χ2n) is 6.20. The van der Waals surface area contributed by atoms with Crippen LogP contribution in [0.25, 0.3) is 11.3 Å². The van der Waals surface area contributed by atoms with Gasteiger partial charge in [-0.1, -0.05) is 24.3 Å². The quantitative estimate of drug-likeness (QED) is 0.578. The van der Waals surface area contributed by atoms with Gasteiger partial charge < -0.3 is 9.30 Å². The maximum absolute atomic E-state index is 11.3. The van der Waals surface area contributed by atoms with Gasteiger partial charge in [0.15, 0.2) is 11.2 Å². The highest BCUT2D eigenvalue weighted by molar-refractivity contribution is 5.69. The van der Waals surface area contributed by atoms with Crippen molar-refractivity contribution in [3.63, 3.8) is 0 Å². The fourth-order valence-electron chi connectivity index (χ4n) is 2.91. The van der Waals surface area contributed by atoms with Crippen LogP contribution in [0.3, 0.4) is 0 Å². The summed E-state index contributed by atoms with van der Waals surface area (Å²) in [5.74, 6) is 1.22. The molecule has 0 fully saturated rings. The molecule has 6 nitrogen and oxygen atoms in total. The minimum atomic E-state index is -0.0186. The Morgan fingerprint density at radius 2 is 1.79 bits per heavy atom. The average Bonchev–Trinajstić information content (AvgIpc) is 3.18. The van der Waals surface area contributed by atoms with Gasteiger partial charge in [0.2, 0.25) is 0 Å². The number of rotatable bonds is 5. The smallest absolute Gasteiger partial charge is 0.181 e. The van der Waals surface area contributed by atoms with Crippen LogP contribution in [0.5, 0.6) is 11.5 Å². The second-order valence-corrected chi connectivity index (χ2v) is 6.20. The number of nitrogens with one attached hydrogen (secondary N) is 1. The van der Waals surface area contributed by atoms with Crippen LogP contribution in [0.15, 0.2) is 84.0 Å². The molecule has 2 aromatic heterocycles. The Labute approximate surface area is 161 Å².